The molecular weight excluding hydrogens is 412 g/mol. The Morgan fingerprint density at radius 1 is 1.03 bits per heavy atom. The maximum atomic E-state index is 13.1. The summed E-state index contributed by atoms with van der Waals surface area (Å²) in [7, 11) is 1.60. The molecule has 3 aliphatic rings. The molecule has 0 unspecified atom stereocenters. The van der Waals surface area contributed by atoms with Crippen molar-refractivity contribution >= 4 is 23.6 Å². The van der Waals surface area contributed by atoms with Gasteiger partial charge in [-0.25, -0.2) is 0 Å². The van der Waals surface area contributed by atoms with Crippen molar-refractivity contribution in [3.63, 3.8) is 0 Å². The third-order valence-corrected chi connectivity index (χ3v) is 6.78. The summed E-state index contributed by atoms with van der Waals surface area (Å²) in [4.78, 5) is 55.5. The van der Waals surface area contributed by atoms with E-state index in [1.807, 2.05) is 24.3 Å². The standard InChI is InChI=1S/C23H30N4O5/c1-15(28)25-9-7-17(8-10-25)22(30)26-11-12-27-20(14-26)21(29)24-19(23(27)31)13-16-3-5-18(32-2)6-4-16/h3-6,17,19-20H,7-14H2,1-2H3,(H,24,29)/t19-,20-/m0/s1. The van der Waals surface area contributed by atoms with Gasteiger partial charge in [-0.05, 0) is 30.5 Å². The number of likely N-dealkylation sites (tertiary alicyclic amines) is 1. The van der Waals surface area contributed by atoms with Crippen LogP contribution in [0.15, 0.2) is 24.3 Å². The second-order valence-corrected chi connectivity index (χ2v) is 8.73. The van der Waals surface area contributed by atoms with E-state index in [0.717, 1.165) is 11.3 Å². The Balaban J connectivity index is 1.36. The highest BCUT2D eigenvalue weighted by molar-refractivity contribution is 5.98. The van der Waals surface area contributed by atoms with Crippen LogP contribution in [0.3, 0.4) is 0 Å². The number of ether oxygens (including phenoxy) is 1. The maximum Gasteiger partial charge on any atom is 0.246 e. The smallest absolute Gasteiger partial charge is 0.246 e. The van der Waals surface area contributed by atoms with Crippen LogP contribution in [0.2, 0.25) is 0 Å². The van der Waals surface area contributed by atoms with Crippen molar-refractivity contribution < 1.29 is 23.9 Å². The fourth-order valence-corrected chi connectivity index (χ4v) is 4.84. The molecule has 2 atom stereocenters. The molecule has 9 nitrogen and oxygen atoms in total. The molecule has 32 heavy (non-hydrogen) atoms. The zero-order valence-electron chi connectivity index (χ0n) is 18.6. The van der Waals surface area contributed by atoms with Gasteiger partial charge in [0.2, 0.25) is 23.6 Å². The summed E-state index contributed by atoms with van der Waals surface area (Å²) in [6.45, 7) is 3.72. The van der Waals surface area contributed by atoms with E-state index in [0.29, 0.717) is 45.4 Å². The van der Waals surface area contributed by atoms with Gasteiger partial charge in [0.05, 0.1) is 13.7 Å². The number of fused-ring (bicyclic) bond motifs is 1. The van der Waals surface area contributed by atoms with Crippen LogP contribution >= 0.6 is 0 Å². The first kappa shape index (κ1) is 22.1. The van der Waals surface area contributed by atoms with Gasteiger partial charge in [0.15, 0.2) is 0 Å². The topological polar surface area (TPSA) is 99.3 Å². The lowest BCUT2D eigenvalue weighted by Crippen LogP contribution is -2.70. The minimum absolute atomic E-state index is 0.0217. The largest absolute Gasteiger partial charge is 0.497 e. The number of hydrogen-bond acceptors (Lipinski definition) is 5. The van der Waals surface area contributed by atoms with E-state index >= 15 is 0 Å². The first-order chi connectivity index (χ1) is 15.4. The molecule has 0 spiro atoms. The lowest BCUT2D eigenvalue weighted by atomic mass is 9.93. The van der Waals surface area contributed by atoms with Gasteiger partial charge in [0, 0.05) is 45.4 Å². The molecule has 0 aromatic heterocycles. The fourth-order valence-electron chi connectivity index (χ4n) is 4.84. The average molecular weight is 443 g/mol. The molecule has 1 aromatic rings. The summed E-state index contributed by atoms with van der Waals surface area (Å²) >= 11 is 0. The lowest BCUT2D eigenvalue weighted by molar-refractivity contribution is -0.157. The van der Waals surface area contributed by atoms with Gasteiger partial charge in [-0.2, -0.15) is 0 Å². The van der Waals surface area contributed by atoms with Gasteiger partial charge >= 0.3 is 0 Å². The van der Waals surface area contributed by atoms with Crippen LogP contribution in [-0.4, -0.2) is 90.2 Å². The van der Waals surface area contributed by atoms with Crippen molar-refractivity contribution in [2.75, 3.05) is 39.8 Å². The van der Waals surface area contributed by atoms with Crippen LogP contribution in [0.4, 0.5) is 0 Å². The molecular formula is C23H30N4O5. The van der Waals surface area contributed by atoms with Crippen LogP contribution in [0.25, 0.3) is 0 Å². The maximum absolute atomic E-state index is 13.1. The van der Waals surface area contributed by atoms with Gasteiger partial charge in [-0.1, -0.05) is 12.1 Å². The van der Waals surface area contributed by atoms with Crippen LogP contribution in [-0.2, 0) is 25.6 Å². The van der Waals surface area contributed by atoms with E-state index < -0.39 is 12.1 Å². The van der Waals surface area contributed by atoms with Gasteiger partial charge in [-0.3, -0.25) is 19.2 Å². The van der Waals surface area contributed by atoms with Crippen molar-refractivity contribution in [1.82, 2.24) is 20.0 Å². The molecule has 0 saturated carbocycles. The van der Waals surface area contributed by atoms with Crippen LogP contribution in [0.5, 0.6) is 5.75 Å². The molecule has 1 N–H and O–H groups in total. The number of amides is 4. The minimum atomic E-state index is -0.648. The quantitative estimate of drug-likeness (QED) is 0.710. The third kappa shape index (κ3) is 4.42. The average Bonchev–Trinajstić information content (AvgIpc) is 2.82. The molecule has 3 aliphatic heterocycles. The lowest BCUT2D eigenvalue weighted by Gasteiger charge is -2.46. The molecule has 3 saturated heterocycles. The van der Waals surface area contributed by atoms with Crippen molar-refractivity contribution in [3.8, 4) is 5.75 Å². The van der Waals surface area contributed by atoms with Gasteiger partial charge in [0.25, 0.3) is 0 Å². The van der Waals surface area contributed by atoms with Crippen LogP contribution in [0, 0.1) is 5.92 Å². The predicted molar refractivity (Wildman–Crippen MR) is 116 cm³/mol. The minimum Gasteiger partial charge on any atom is -0.497 e. The Morgan fingerprint density at radius 3 is 2.34 bits per heavy atom. The normalized spacial score (nSPS) is 24.1. The first-order valence-electron chi connectivity index (χ1n) is 11.2. The number of piperazine rings is 2. The molecule has 3 heterocycles. The number of nitrogens with zero attached hydrogens (tertiary/aromatic N) is 3. The summed E-state index contributed by atoms with van der Waals surface area (Å²) in [5.74, 6) is 0.335. The highest BCUT2D eigenvalue weighted by atomic mass is 16.5. The highest BCUT2D eigenvalue weighted by Crippen LogP contribution is 2.24. The number of nitrogens with one attached hydrogen (secondary N) is 1. The van der Waals surface area contributed by atoms with Crippen molar-refractivity contribution in [1.29, 1.82) is 0 Å². The number of carbonyl (C=O) groups is 4. The Morgan fingerprint density at radius 2 is 1.72 bits per heavy atom. The molecule has 1 aromatic carbocycles. The summed E-state index contributed by atoms with van der Waals surface area (Å²) in [6, 6.07) is 6.18. The molecule has 172 valence electrons. The third-order valence-electron chi connectivity index (χ3n) is 6.78. The number of rotatable bonds is 4. The van der Waals surface area contributed by atoms with E-state index in [2.05, 4.69) is 5.32 Å². The van der Waals surface area contributed by atoms with E-state index in [-0.39, 0.29) is 36.1 Å². The fraction of sp³-hybridized carbons (Fsp3) is 0.565. The number of hydrogen-bond donors (Lipinski definition) is 1. The zero-order chi connectivity index (χ0) is 22.8. The van der Waals surface area contributed by atoms with Crippen LogP contribution < -0.4 is 10.1 Å². The monoisotopic (exact) mass is 442 g/mol. The number of carbonyl (C=O) groups excluding carboxylic acids is 4. The zero-order valence-corrected chi connectivity index (χ0v) is 18.6. The van der Waals surface area contributed by atoms with Gasteiger partial charge in [-0.15, -0.1) is 0 Å². The molecule has 4 amide bonds. The first-order valence-corrected chi connectivity index (χ1v) is 11.2. The molecule has 0 radical (unpaired) electrons. The molecule has 0 aliphatic carbocycles. The summed E-state index contributed by atoms with van der Waals surface area (Å²) in [6.07, 6.45) is 1.69. The predicted octanol–water partition coefficient (Wildman–Crippen LogP) is 0.0340. The molecule has 3 fully saturated rings. The Bertz CT molecular complexity index is 894. The van der Waals surface area contributed by atoms with Crippen molar-refractivity contribution in [2.24, 2.45) is 5.92 Å². The Kier molecular flexibility index (Phi) is 6.34. The molecule has 4 rings (SSSR count). The van der Waals surface area contributed by atoms with E-state index in [9.17, 15) is 19.2 Å². The summed E-state index contributed by atoms with van der Waals surface area (Å²) in [5, 5.41) is 2.86. The second-order valence-electron chi connectivity index (χ2n) is 8.73. The Labute approximate surface area is 187 Å². The van der Waals surface area contributed by atoms with E-state index in [1.54, 1.807) is 28.7 Å². The van der Waals surface area contributed by atoms with Crippen LogP contribution in [0.1, 0.15) is 25.3 Å². The Hall–Kier alpha value is -3.10. The van der Waals surface area contributed by atoms with Gasteiger partial charge in [0.1, 0.15) is 17.8 Å². The van der Waals surface area contributed by atoms with Crippen molar-refractivity contribution in [2.45, 2.75) is 38.3 Å². The molecule has 9 heteroatoms. The molecule has 0 bridgehead atoms. The summed E-state index contributed by atoms with van der Waals surface area (Å²) < 4.78 is 5.16. The summed E-state index contributed by atoms with van der Waals surface area (Å²) in [5.41, 5.74) is 0.939. The number of piperidine rings is 1. The van der Waals surface area contributed by atoms with Crippen molar-refractivity contribution in [3.05, 3.63) is 29.8 Å². The number of methoxy groups -OCH3 is 1. The van der Waals surface area contributed by atoms with E-state index in [1.165, 1.54) is 0 Å². The highest BCUT2D eigenvalue weighted by Gasteiger charge is 2.45. The second kappa shape index (κ2) is 9.18. The van der Waals surface area contributed by atoms with Gasteiger partial charge < -0.3 is 24.8 Å². The SMILES string of the molecule is COc1ccc(C[C@@H]2NC(=O)[C@@H]3CN(C(=O)C4CCN(C(C)=O)CC4)CCN3C2=O)cc1. The number of benzene rings is 1. The van der Waals surface area contributed by atoms with E-state index in [4.69, 9.17) is 4.74 Å².